The molecule has 0 aliphatic carbocycles. The number of amides is 2. The van der Waals surface area contributed by atoms with E-state index in [9.17, 15) is 9.59 Å². The zero-order valence-corrected chi connectivity index (χ0v) is 30.4. The van der Waals surface area contributed by atoms with Crippen molar-refractivity contribution in [3.8, 4) is 22.5 Å². The summed E-state index contributed by atoms with van der Waals surface area (Å²) in [7, 11) is 0. The van der Waals surface area contributed by atoms with Gasteiger partial charge in [-0.15, -0.1) is 0 Å². The van der Waals surface area contributed by atoms with E-state index in [4.69, 9.17) is 37.6 Å². The Morgan fingerprint density at radius 2 is 1.06 bits per heavy atom. The van der Waals surface area contributed by atoms with E-state index in [1.165, 1.54) is 22.7 Å². The molecule has 0 unspecified atom stereocenters. The minimum absolute atomic E-state index is 0.266. The van der Waals surface area contributed by atoms with Crippen LogP contribution in [0.25, 0.3) is 34.2 Å². The number of nitrogens with zero attached hydrogens (tertiary/aromatic N) is 2. The molecule has 3 aromatic heterocycles. The molecule has 252 valence electrons. The molecule has 11 heteroatoms. The van der Waals surface area contributed by atoms with Crippen molar-refractivity contribution in [2.75, 3.05) is 10.6 Å². The summed E-state index contributed by atoms with van der Waals surface area (Å²) in [5.74, 6) is 0.0432. The second-order valence-corrected chi connectivity index (χ2v) is 14.5. The SMILES string of the molecule is Cc1ccc(C(=O)Nc2sc(C(=Cc3ccco3)c3nc(-c4ccc(Cl)cc4)c(NC(=O)c4ccc(C)cc4)s3)nc2-c2ccc(Cl)cc2)cc1. The molecular formula is C40H28Cl2N4O3S2. The summed E-state index contributed by atoms with van der Waals surface area (Å²) in [4.78, 5) is 37.1. The van der Waals surface area contributed by atoms with Gasteiger partial charge >= 0.3 is 0 Å². The molecule has 0 aliphatic rings. The van der Waals surface area contributed by atoms with Gasteiger partial charge in [-0.05, 0) is 80.6 Å². The summed E-state index contributed by atoms with van der Waals surface area (Å²) in [5, 5.41) is 9.57. The molecular weight excluding hydrogens is 720 g/mol. The van der Waals surface area contributed by atoms with Crippen LogP contribution in [0.15, 0.2) is 120 Å². The van der Waals surface area contributed by atoms with Crippen LogP contribution < -0.4 is 10.6 Å². The Balaban J connectivity index is 1.36. The normalized spacial score (nSPS) is 10.9. The van der Waals surface area contributed by atoms with E-state index >= 15 is 0 Å². The Morgan fingerprint density at radius 1 is 0.627 bits per heavy atom. The molecule has 2 N–H and O–H groups in total. The van der Waals surface area contributed by atoms with Crippen molar-refractivity contribution in [1.82, 2.24) is 9.97 Å². The predicted molar refractivity (Wildman–Crippen MR) is 209 cm³/mol. The number of hydrogen-bond acceptors (Lipinski definition) is 7. The fourth-order valence-corrected chi connectivity index (χ4v) is 7.45. The maximum Gasteiger partial charge on any atom is 0.256 e. The zero-order chi connectivity index (χ0) is 35.5. The topological polar surface area (TPSA) is 97.1 Å². The molecule has 0 aliphatic heterocycles. The number of aryl methyl sites for hydroxylation is 2. The number of thiazole rings is 2. The van der Waals surface area contributed by atoms with Gasteiger partial charge in [0.15, 0.2) is 0 Å². The summed E-state index contributed by atoms with van der Waals surface area (Å²) in [6.07, 6.45) is 3.44. The highest BCUT2D eigenvalue weighted by Gasteiger charge is 2.24. The third-order valence-corrected chi connectivity index (χ3v) is 10.4. The van der Waals surface area contributed by atoms with Crippen LogP contribution in [0.3, 0.4) is 0 Å². The second-order valence-electron chi connectivity index (χ2n) is 11.6. The van der Waals surface area contributed by atoms with Crippen LogP contribution in [0.1, 0.15) is 47.6 Å². The van der Waals surface area contributed by atoms with Gasteiger partial charge in [0, 0.05) is 32.3 Å². The monoisotopic (exact) mass is 746 g/mol. The highest BCUT2D eigenvalue weighted by atomic mass is 35.5. The number of halogens is 2. The summed E-state index contributed by atoms with van der Waals surface area (Å²) < 4.78 is 5.75. The second kappa shape index (κ2) is 14.9. The van der Waals surface area contributed by atoms with Crippen molar-refractivity contribution in [1.29, 1.82) is 0 Å². The van der Waals surface area contributed by atoms with Crippen LogP contribution in [0.5, 0.6) is 0 Å². The van der Waals surface area contributed by atoms with Crippen molar-refractivity contribution in [3.05, 3.63) is 164 Å². The first-order chi connectivity index (χ1) is 24.7. The van der Waals surface area contributed by atoms with Gasteiger partial charge in [0.1, 0.15) is 37.2 Å². The Bertz CT molecular complexity index is 2210. The number of nitrogens with one attached hydrogen (secondary N) is 2. The fraction of sp³-hybridized carbons (Fsp3) is 0.0500. The maximum atomic E-state index is 13.5. The van der Waals surface area contributed by atoms with Crippen LogP contribution in [0.2, 0.25) is 10.0 Å². The third kappa shape index (κ3) is 7.87. The van der Waals surface area contributed by atoms with E-state index < -0.39 is 0 Å². The number of furan rings is 1. The number of carbonyl (C=O) groups excluding carboxylic acids is 2. The summed E-state index contributed by atoms with van der Waals surface area (Å²) in [6, 6.07) is 32.9. The van der Waals surface area contributed by atoms with E-state index in [1.54, 1.807) is 60.9 Å². The molecule has 0 saturated heterocycles. The van der Waals surface area contributed by atoms with Crippen molar-refractivity contribution in [2.24, 2.45) is 0 Å². The molecule has 4 aromatic carbocycles. The van der Waals surface area contributed by atoms with Gasteiger partial charge in [0.25, 0.3) is 11.8 Å². The van der Waals surface area contributed by atoms with Gasteiger partial charge in [0.05, 0.1) is 11.8 Å². The maximum absolute atomic E-state index is 13.5. The highest BCUT2D eigenvalue weighted by Crippen LogP contribution is 2.43. The number of anilines is 2. The molecule has 7 rings (SSSR count). The van der Waals surface area contributed by atoms with Crippen LogP contribution in [-0.4, -0.2) is 21.8 Å². The summed E-state index contributed by atoms with van der Waals surface area (Å²) in [5.41, 5.74) is 6.46. The largest absolute Gasteiger partial charge is 0.465 e. The van der Waals surface area contributed by atoms with E-state index in [2.05, 4.69) is 10.6 Å². The molecule has 0 fully saturated rings. The third-order valence-electron chi connectivity index (χ3n) is 7.86. The smallest absolute Gasteiger partial charge is 0.256 e. The first-order valence-corrected chi connectivity index (χ1v) is 18.1. The lowest BCUT2D eigenvalue weighted by molar-refractivity contribution is 0.101. The molecule has 51 heavy (non-hydrogen) atoms. The summed E-state index contributed by atoms with van der Waals surface area (Å²) in [6.45, 7) is 3.94. The molecule has 7 aromatic rings. The number of carbonyl (C=O) groups is 2. The first-order valence-electron chi connectivity index (χ1n) is 15.8. The molecule has 0 atom stereocenters. The minimum atomic E-state index is -0.266. The van der Waals surface area contributed by atoms with Gasteiger partial charge < -0.3 is 15.1 Å². The average molecular weight is 748 g/mol. The van der Waals surface area contributed by atoms with Crippen molar-refractivity contribution in [2.45, 2.75) is 13.8 Å². The van der Waals surface area contributed by atoms with Gasteiger partial charge in [-0.3, -0.25) is 9.59 Å². The van der Waals surface area contributed by atoms with E-state index in [1.807, 2.05) is 74.5 Å². The van der Waals surface area contributed by atoms with Crippen LogP contribution in [-0.2, 0) is 0 Å². The minimum Gasteiger partial charge on any atom is -0.465 e. The standard InChI is InChI=1S/C40H28Cl2N4O3S2/c1-23-5-9-27(10-6-23)35(47)45-39-33(25-13-17-29(41)18-14-25)43-37(50-39)32(22-31-4-3-21-49-31)38-44-34(26-15-19-30(42)20-16-26)40(51-38)46-36(48)28-11-7-24(2)8-12-28/h3-22H,1-2H3,(H,45,47)(H,46,48). The lowest BCUT2D eigenvalue weighted by atomic mass is 10.1. The van der Waals surface area contributed by atoms with E-state index in [0.29, 0.717) is 63.9 Å². The molecule has 0 spiro atoms. The van der Waals surface area contributed by atoms with Gasteiger partial charge in [-0.2, -0.15) is 0 Å². The van der Waals surface area contributed by atoms with Crippen LogP contribution in [0, 0.1) is 13.8 Å². The number of aromatic nitrogens is 2. The van der Waals surface area contributed by atoms with Crippen molar-refractivity contribution >= 4 is 79.3 Å². The Labute approximate surface area is 312 Å². The Morgan fingerprint density at radius 3 is 1.45 bits per heavy atom. The summed E-state index contributed by atoms with van der Waals surface area (Å²) >= 11 is 15.1. The lowest BCUT2D eigenvalue weighted by Gasteiger charge is -2.06. The molecule has 3 heterocycles. The zero-order valence-electron chi connectivity index (χ0n) is 27.2. The van der Waals surface area contributed by atoms with Gasteiger partial charge in [0.2, 0.25) is 0 Å². The average Bonchev–Trinajstić information content (AvgIpc) is 3.89. The van der Waals surface area contributed by atoms with Crippen LogP contribution in [0.4, 0.5) is 10.0 Å². The van der Waals surface area contributed by atoms with E-state index in [-0.39, 0.29) is 11.8 Å². The number of hydrogen-bond donors (Lipinski definition) is 2. The highest BCUT2D eigenvalue weighted by molar-refractivity contribution is 7.20. The van der Waals surface area contributed by atoms with Crippen LogP contribution >= 0.6 is 45.9 Å². The predicted octanol–water partition coefficient (Wildman–Crippen LogP) is 11.5. The molecule has 2 amide bonds. The Hall–Kier alpha value is -5.32. The molecule has 0 radical (unpaired) electrons. The Kier molecular flexibility index (Phi) is 9.96. The number of benzene rings is 4. The lowest BCUT2D eigenvalue weighted by Crippen LogP contribution is -2.11. The first kappa shape index (κ1) is 34.1. The molecule has 7 nitrogen and oxygen atoms in total. The van der Waals surface area contributed by atoms with Gasteiger partial charge in [-0.1, -0.05) is 106 Å². The number of rotatable bonds is 9. The fourth-order valence-electron chi connectivity index (χ4n) is 5.14. The van der Waals surface area contributed by atoms with Crippen molar-refractivity contribution < 1.29 is 14.0 Å². The molecule has 0 bridgehead atoms. The van der Waals surface area contributed by atoms with Crippen molar-refractivity contribution in [3.63, 3.8) is 0 Å². The van der Waals surface area contributed by atoms with Gasteiger partial charge in [-0.25, -0.2) is 9.97 Å². The van der Waals surface area contributed by atoms with E-state index in [0.717, 1.165) is 22.3 Å². The molecule has 0 saturated carbocycles. The quantitative estimate of drug-likeness (QED) is 0.153.